The van der Waals surface area contributed by atoms with Gasteiger partial charge < -0.3 is 9.84 Å². The van der Waals surface area contributed by atoms with Crippen LogP contribution in [0.25, 0.3) is 0 Å². The van der Waals surface area contributed by atoms with Crippen molar-refractivity contribution in [3.05, 3.63) is 17.5 Å². The van der Waals surface area contributed by atoms with Crippen molar-refractivity contribution in [3.8, 4) is 0 Å². The molecule has 23 heavy (non-hydrogen) atoms. The standard InChI is InChI=1S/C14H21F3N4O2/c1-10-7-12(19-23-10)8-20-3-5-21(6-4-20)11(2)13(22)18-9-14(15,16)17/h7,11H,3-6,8-9H2,1-2H3,(H,18,22). The van der Waals surface area contributed by atoms with Gasteiger partial charge in [-0.2, -0.15) is 13.2 Å². The average Bonchev–Trinajstić information content (AvgIpc) is 2.89. The molecular formula is C14H21F3N4O2. The summed E-state index contributed by atoms with van der Waals surface area (Å²) in [6.45, 7) is 5.53. The quantitative estimate of drug-likeness (QED) is 0.876. The lowest BCUT2D eigenvalue weighted by atomic mass is 10.2. The highest BCUT2D eigenvalue weighted by atomic mass is 19.4. The van der Waals surface area contributed by atoms with Crippen LogP contribution in [0.4, 0.5) is 13.2 Å². The summed E-state index contributed by atoms with van der Waals surface area (Å²) in [7, 11) is 0. The van der Waals surface area contributed by atoms with Gasteiger partial charge in [0, 0.05) is 38.8 Å². The topological polar surface area (TPSA) is 61.6 Å². The Hall–Kier alpha value is -1.61. The number of halogens is 3. The van der Waals surface area contributed by atoms with Crippen molar-refractivity contribution in [2.45, 2.75) is 32.6 Å². The molecule has 6 nitrogen and oxygen atoms in total. The summed E-state index contributed by atoms with van der Waals surface area (Å²) >= 11 is 0. The van der Waals surface area contributed by atoms with Crippen LogP contribution in [0.15, 0.2) is 10.6 Å². The van der Waals surface area contributed by atoms with Crippen molar-refractivity contribution in [1.29, 1.82) is 0 Å². The Labute approximate surface area is 132 Å². The van der Waals surface area contributed by atoms with Gasteiger partial charge in [0.1, 0.15) is 12.3 Å². The monoisotopic (exact) mass is 334 g/mol. The zero-order valence-corrected chi connectivity index (χ0v) is 13.2. The first-order valence-corrected chi connectivity index (χ1v) is 7.47. The van der Waals surface area contributed by atoms with E-state index in [1.54, 1.807) is 6.92 Å². The van der Waals surface area contributed by atoms with Gasteiger partial charge in [-0.05, 0) is 13.8 Å². The molecule has 1 aliphatic heterocycles. The lowest BCUT2D eigenvalue weighted by Crippen LogP contribution is -2.54. The maximum atomic E-state index is 12.1. The highest BCUT2D eigenvalue weighted by Crippen LogP contribution is 2.14. The molecule has 1 fully saturated rings. The first-order chi connectivity index (χ1) is 10.7. The van der Waals surface area contributed by atoms with Gasteiger partial charge in [0.15, 0.2) is 0 Å². The molecule has 0 radical (unpaired) electrons. The number of aromatic nitrogens is 1. The van der Waals surface area contributed by atoms with Crippen LogP contribution >= 0.6 is 0 Å². The fourth-order valence-corrected chi connectivity index (χ4v) is 2.53. The molecule has 1 aromatic heterocycles. The smallest absolute Gasteiger partial charge is 0.361 e. The average molecular weight is 334 g/mol. The lowest BCUT2D eigenvalue weighted by Gasteiger charge is -2.37. The van der Waals surface area contributed by atoms with Gasteiger partial charge in [-0.3, -0.25) is 14.6 Å². The van der Waals surface area contributed by atoms with Crippen LogP contribution in [0.3, 0.4) is 0 Å². The predicted molar refractivity (Wildman–Crippen MR) is 76.6 cm³/mol. The maximum absolute atomic E-state index is 12.1. The number of hydrogen-bond donors (Lipinski definition) is 1. The summed E-state index contributed by atoms with van der Waals surface area (Å²) in [5, 5.41) is 5.87. The fourth-order valence-electron chi connectivity index (χ4n) is 2.53. The minimum atomic E-state index is -4.39. The molecule has 2 rings (SSSR count). The van der Waals surface area contributed by atoms with E-state index in [0.29, 0.717) is 19.6 Å². The number of hydrogen-bond acceptors (Lipinski definition) is 5. The molecule has 0 spiro atoms. The van der Waals surface area contributed by atoms with Crippen molar-refractivity contribution >= 4 is 5.91 Å². The Morgan fingerprint density at radius 1 is 1.39 bits per heavy atom. The summed E-state index contributed by atoms with van der Waals surface area (Å²) in [4.78, 5) is 15.8. The number of piperazine rings is 1. The molecule has 130 valence electrons. The minimum Gasteiger partial charge on any atom is -0.361 e. The molecule has 1 N–H and O–H groups in total. The molecule has 9 heteroatoms. The van der Waals surface area contributed by atoms with Crippen LogP contribution in [0.2, 0.25) is 0 Å². The molecular weight excluding hydrogens is 313 g/mol. The number of alkyl halides is 3. The van der Waals surface area contributed by atoms with E-state index in [1.165, 1.54) is 0 Å². The third-order valence-corrected chi connectivity index (χ3v) is 3.86. The molecule has 2 heterocycles. The highest BCUT2D eigenvalue weighted by molar-refractivity contribution is 5.81. The van der Waals surface area contributed by atoms with Crippen molar-refractivity contribution in [3.63, 3.8) is 0 Å². The summed E-state index contributed by atoms with van der Waals surface area (Å²) in [6.07, 6.45) is -4.39. The van der Waals surface area contributed by atoms with Gasteiger partial charge in [0.05, 0.1) is 11.7 Å². The van der Waals surface area contributed by atoms with E-state index in [9.17, 15) is 18.0 Å². The van der Waals surface area contributed by atoms with Crippen LogP contribution in [-0.4, -0.2) is 65.8 Å². The second-order valence-electron chi connectivity index (χ2n) is 5.75. The van der Waals surface area contributed by atoms with Gasteiger partial charge in [-0.25, -0.2) is 0 Å². The first-order valence-electron chi connectivity index (χ1n) is 7.47. The zero-order chi connectivity index (χ0) is 17.0. The van der Waals surface area contributed by atoms with Crippen molar-refractivity contribution in [2.24, 2.45) is 0 Å². The fraction of sp³-hybridized carbons (Fsp3) is 0.714. The van der Waals surface area contributed by atoms with Gasteiger partial charge in [0.25, 0.3) is 0 Å². The van der Waals surface area contributed by atoms with Gasteiger partial charge >= 0.3 is 6.18 Å². The Morgan fingerprint density at radius 3 is 2.57 bits per heavy atom. The van der Waals surface area contributed by atoms with E-state index >= 15 is 0 Å². The number of nitrogens with zero attached hydrogens (tertiary/aromatic N) is 3. The Balaban J connectivity index is 1.75. The Morgan fingerprint density at radius 2 is 2.04 bits per heavy atom. The van der Waals surface area contributed by atoms with Gasteiger partial charge in [-0.1, -0.05) is 5.16 Å². The summed E-state index contributed by atoms with van der Waals surface area (Å²) < 4.78 is 41.4. The molecule has 1 aromatic rings. The third kappa shape index (κ3) is 5.51. The van der Waals surface area contributed by atoms with E-state index in [2.05, 4.69) is 10.1 Å². The van der Waals surface area contributed by atoms with Crippen LogP contribution in [0, 0.1) is 6.92 Å². The molecule has 1 atom stereocenters. The maximum Gasteiger partial charge on any atom is 0.405 e. The second-order valence-corrected chi connectivity index (χ2v) is 5.75. The van der Waals surface area contributed by atoms with E-state index in [-0.39, 0.29) is 0 Å². The van der Waals surface area contributed by atoms with Crippen molar-refractivity contribution in [2.75, 3.05) is 32.7 Å². The number of amides is 1. The van der Waals surface area contributed by atoms with Crippen LogP contribution in [0.1, 0.15) is 18.4 Å². The van der Waals surface area contributed by atoms with Crippen LogP contribution in [0.5, 0.6) is 0 Å². The van der Waals surface area contributed by atoms with E-state index in [4.69, 9.17) is 4.52 Å². The highest BCUT2D eigenvalue weighted by Gasteiger charge is 2.31. The summed E-state index contributed by atoms with van der Waals surface area (Å²) in [6, 6.07) is 1.30. The summed E-state index contributed by atoms with van der Waals surface area (Å²) in [5.74, 6) is 0.163. The molecule has 1 unspecified atom stereocenters. The van der Waals surface area contributed by atoms with Crippen LogP contribution < -0.4 is 5.32 Å². The number of aryl methyl sites for hydroxylation is 1. The zero-order valence-electron chi connectivity index (χ0n) is 13.2. The van der Waals surface area contributed by atoms with E-state index in [1.807, 2.05) is 23.2 Å². The lowest BCUT2D eigenvalue weighted by molar-refractivity contribution is -0.141. The van der Waals surface area contributed by atoms with E-state index in [0.717, 1.165) is 24.5 Å². The normalized spacial score (nSPS) is 18.8. The first kappa shape index (κ1) is 17.7. The number of carbonyl (C=O) groups is 1. The predicted octanol–water partition coefficient (Wildman–Crippen LogP) is 1.17. The molecule has 0 aromatic carbocycles. The molecule has 0 bridgehead atoms. The molecule has 1 saturated heterocycles. The minimum absolute atomic E-state index is 0.575. The number of nitrogens with one attached hydrogen (secondary N) is 1. The molecule has 1 aliphatic rings. The second kappa shape index (κ2) is 7.31. The molecule has 1 amide bonds. The third-order valence-electron chi connectivity index (χ3n) is 3.86. The van der Waals surface area contributed by atoms with Gasteiger partial charge in [-0.15, -0.1) is 0 Å². The SMILES string of the molecule is Cc1cc(CN2CCN(C(C)C(=O)NCC(F)(F)F)CC2)no1. The number of rotatable bonds is 5. The summed E-state index contributed by atoms with van der Waals surface area (Å²) in [5.41, 5.74) is 0.854. The van der Waals surface area contributed by atoms with E-state index < -0.39 is 24.7 Å². The number of carbonyl (C=O) groups excluding carboxylic acids is 1. The largest absolute Gasteiger partial charge is 0.405 e. The Bertz CT molecular complexity index is 524. The van der Waals surface area contributed by atoms with Gasteiger partial charge in [0.2, 0.25) is 5.91 Å². The van der Waals surface area contributed by atoms with Crippen molar-refractivity contribution < 1.29 is 22.5 Å². The molecule has 0 aliphatic carbocycles. The van der Waals surface area contributed by atoms with Crippen LogP contribution in [-0.2, 0) is 11.3 Å². The Kier molecular flexibility index (Phi) is 5.64. The van der Waals surface area contributed by atoms with Crippen molar-refractivity contribution in [1.82, 2.24) is 20.3 Å². The molecule has 0 saturated carbocycles.